The molecule has 0 radical (unpaired) electrons. The highest BCUT2D eigenvalue weighted by atomic mass is 16.4. The number of nitriles is 1. The number of rotatable bonds is 10. The van der Waals surface area contributed by atoms with Crippen molar-refractivity contribution in [3.8, 4) is 6.07 Å². The smallest absolute Gasteiger partial charge is 0.326 e. The minimum atomic E-state index is -1.10. The van der Waals surface area contributed by atoms with Crippen molar-refractivity contribution in [1.82, 2.24) is 5.32 Å². The third-order valence-corrected chi connectivity index (χ3v) is 5.64. The van der Waals surface area contributed by atoms with E-state index in [1.807, 2.05) is 97.1 Å². The van der Waals surface area contributed by atoms with E-state index in [2.05, 4.69) is 5.32 Å². The molecule has 0 unspecified atom stereocenters. The summed E-state index contributed by atoms with van der Waals surface area (Å²) in [4.78, 5) is 25.0. The van der Waals surface area contributed by atoms with Crippen molar-refractivity contribution in [3.63, 3.8) is 0 Å². The lowest BCUT2D eigenvalue weighted by atomic mass is 9.67. The van der Waals surface area contributed by atoms with Crippen molar-refractivity contribution < 1.29 is 14.7 Å². The van der Waals surface area contributed by atoms with Crippen molar-refractivity contribution in [3.05, 3.63) is 108 Å². The summed E-state index contributed by atoms with van der Waals surface area (Å²) in [7, 11) is 0. The highest BCUT2D eigenvalue weighted by Gasteiger charge is 2.39. The van der Waals surface area contributed by atoms with Gasteiger partial charge in [-0.2, -0.15) is 5.26 Å². The fraction of sp³-hybridized carbons (Fsp3) is 0.222. The molecular weight excluding hydrogens is 400 g/mol. The number of unbranched alkanes of at least 4 members (excludes halogenated alkanes) is 1. The monoisotopic (exact) mass is 426 g/mol. The molecule has 0 heterocycles. The first-order valence-corrected chi connectivity index (χ1v) is 10.6. The second kappa shape index (κ2) is 10.9. The molecule has 3 aromatic rings. The number of benzene rings is 3. The Bertz CT molecular complexity index is 964. The van der Waals surface area contributed by atoms with Crippen LogP contribution in [-0.2, 0) is 15.0 Å². The lowest BCUT2D eigenvalue weighted by molar-refractivity contribution is -0.142. The maximum atomic E-state index is 13.3. The van der Waals surface area contributed by atoms with Crippen LogP contribution in [0.5, 0.6) is 0 Å². The number of hydrogen-bond donors (Lipinski definition) is 2. The number of nitrogens with zero attached hydrogens (tertiary/aromatic N) is 1. The van der Waals surface area contributed by atoms with E-state index in [9.17, 15) is 14.7 Å². The van der Waals surface area contributed by atoms with Gasteiger partial charge in [0, 0.05) is 12.8 Å². The Morgan fingerprint density at radius 1 is 0.844 bits per heavy atom. The number of carbonyl (C=O) groups is 2. The summed E-state index contributed by atoms with van der Waals surface area (Å²) in [6.45, 7) is 0. The van der Waals surface area contributed by atoms with Gasteiger partial charge in [-0.15, -0.1) is 0 Å². The van der Waals surface area contributed by atoms with Crippen molar-refractivity contribution in [1.29, 1.82) is 5.26 Å². The molecule has 0 spiro atoms. The Hall–Kier alpha value is -3.91. The Morgan fingerprint density at radius 3 is 1.66 bits per heavy atom. The molecule has 3 rings (SSSR count). The van der Waals surface area contributed by atoms with Gasteiger partial charge in [-0.1, -0.05) is 91.0 Å². The van der Waals surface area contributed by atoms with Crippen LogP contribution < -0.4 is 5.32 Å². The number of carbonyl (C=O) groups excluding carboxylic acids is 1. The second-order valence-corrected chi connectivity index (χ2v) is 7.69. The normalized spacial score (nSPS) is 11.8. The molecule has 5 nitrogen and oxygen atoms in total. The van der Waals surface area contributed by atoms with Crippen molar-refractivity contribution >= 4 is 11.9 Å². The Labute approximate surface area is 188 Å². The van der Waals surface area contributed by atoms with E-state index < -0.39 is 17.4 Å². The van der Waals surface area contributed by atoms with Gasteiger partial charge < -0.3 is 10.4 Å². The van der Waals surface area contributed by atoms with Gasteiger partial charge >= 0.3 is 5.97 Å². The summed E-state index contributed by atoms with van der Waals surface area (Å²) in [5, 5.41) is 21.0. The molecule has 1 amide bonds. The molecule has 0 aromatic heterocycles. The van der Waals surface area contributed by atoms with Crippen LogP contribution in [0.1, 0.15) is 42.4 Å². The summed E-state index contributed by atoms with van der Waals surface area (Å²) < 4.78 is 0. The topological polar surface area (TPSA) is 90.2 Å². The van der Waals surface area contributed by atoms with Gasteiger partial charge in [0.05, 0.1) is 11.5 Å². The average molecular weight is 427 g/mol. The summed E-state index contributed by atoms with van der Waals surface area (Å²) in [6, 6.07) is 30.4. The molecule has 0 aliphatic heterocycles. The summed E-state index contributed by atoms with van der Waals surface area (Å²) in [5.74, 6) is -1.45. The number of aliphatic carboxylic acids is 1. The molecule has 0 saturated heterocycles. The largest absolute Gasteiger partial charge is 0.480 e. The average Bonchev–Trinajstić information content (AvgIpc) is 2.83. The van der Waals surface area contributed by atoms with E-state index in [0.717, 1.165) is 16.7 Å². The van der Waals surface area contributed by atoms with Crippen LogP contribution in [0.3, 0.4) is 0 Å². The van der Waals surface area contributed by atoms with E-state index in [4.69, 9.17) is 5.26 Å². The number of nitrogens with one attached hydrogen (secondary N) is 1. The molecule has 5 heteroatoms. The van der Waals surface area contributed by atoms with Crippen molar-refractivity contribution in [2.24, 2.45) is 0 Å². The predicted octanol–water partition coefficient (Wildman–Crippen LogP) is 4.67. The molecule has 0 aliphatic carbocycles. The standard InChI is InChI=1S/C27H26N2O3/c28-19-11-10-18-24(26(31)32)29-25(30)20-27(21-12-4-1-5-13-21,22-14-6-2-7-15-22)23-16-8-3-9-17-23/h1-9,12-17,24H,10-11,18,20H2,(H,29,30)(H,31,32)/t24-/m1/s1. The number of carboxylic acid groups (broad SMARTS) is 1. The van der Waals surface area contributed by atoms with Gasteiger partial charge in [-0.3, -0.25) is 4.79 Å². The van der Waals surface area contributed by atoms with Gasteiger partial charge in [0.15, 0.2) is 0 Å². The minimum Gasteiger partial charge on any atom is -0.480 e. The van der Waals surface area contributed by atoms with Crippen LogP contribution in [-0.4, -0.2) is 23.0 Å². The Morgan fingerprint density at radius 2 is 1.28 bits per heavy atom. The zero-order valence-electron chi connectivity index (χ0n) is 17.8. The Kier molecular flexibility index (Phi) is 7.77. The van der Waals surface area contributed by atoms with Crippen LogP contribution in [0, 0.1) is 11.3 Å². The van der Waals surface area contributed by atoms with Gasteiger partial charge in [0.1, 0.15) is 6.04 Å². The van der Waals surface area contributed by atoms with E-state index in [0.29, 0.717) is 6.42 Å². The first kappa shape index (κ1) is 22.8. The maximum Gasteiger partial charge on any atom is 0.326 e. The highest BCUT2D eigenvalue weighted by Crippen LogP contribution is 2.42. The first-order valence-electron chi connectivity index (χ1n) is 10.6. The van der Waals surface area contributed by atoms with Gasteiger partial charge in [-0.25, -0.2) is 4.79 Å². The predicted molar refractivity (Wildman–Crippen MR) is 123 cm³/mol. The van der Waals surface area contributed by atoms with Gasteiger partial charge in [0.25, 0.3) is 0 Å². The van der Waals surface area contributed by atoms with Crippen molar-refractivity contribution in [2.75, 3.05) is 0 Å². The zero-order valence-corrected chi connectivity index (χ0v) is 17.8. The molecule has 0 bridgehead atoms. The van der Waals surface area contributed by atoms with Crippen LogP contribution >= 0.6 is 0 Å². The van der Waals surface area contributed by atoms with Crippen LogP contribution in [0.15, 0.2) is 91.0 Å². The summed E-state index contributed by atoms with van der Waals surface area (Å²) in [5.41, 5.74) is 2.06. The molecule has 3 aromatic carbocycles. The van der Waals surface area contributed by atoms with Gasteiger partial charge in [0.2, 0.25) is 5.91 Å². The number of hydrogen-bond acceptors (Lipinski definition) is 3. The molecule has 1 atom stereocenters. The highest BCUT2D eigenvalue weighted by molar-refractivity contribution is 5.85. The van der Waals surface area contributed by atoms with E-state index >= 15 is 0 Å². The molecule has 162 valence electrons. The molecular formula is C27H26N2O3. The minimum absolute atomic E-state index is 0.0487. The number of carboxylic acids is 1. The van der Waals surface area contributed by atoms with Crippen LogP contribution in [0.25, 0.3) is 0 Å². The fourth-order valence-electron chi connectivity index (χ4n) is 4.10. The Balaban J connectivity index is 2.04. The lowest BCUT2D eigenvalue weighted by Crippen LogP contribution is -2.44. The first-order chi connectivity index (χ1) is 15.6. The number of amides is 1. The molecule has 2 N–H and O–H groups in total. The van der Waals surface area contributed by atoms with Crippen molar-refractivity contribution in [2.45, 2.75) is 37.1 Å². The summed E-state index contributed by atoms with van der Waals surface area (Å²) >= 11 is 0. The van der Waals surface area contributed by atoms with E-state index in [-0.39, 0.29) is 25.2 Å². The SMILES string of the molecule is N#CCCC[C@@H](NC(=O)CC(c1ccccc1)(c1ccccc1)c1ccccc1)C(=O)O. The molecule has 0 aliphatic rings. The fourth-order valence-corrected chi connectivity index (χ4v) is 4.10. The van der Waals surface area contributed by atoms with E-state index in [1.54, 1.807) is 0 Å². The lowest BCUT2D eigenvalue weighted by Gasteiger charge is -2.36. The molecule has 0 fully saturated rings. The van der Waals surface area contributed by atoms with Gasteiger partial charge in [-0.05, 0) is 29.5 Å². The van der Waals surface area contributed by atoms with E-state index in [1.165, 1.54) is 0 Å². The molecule has 32 heavy (non-hydrogen) atoms. The summed E-state index contributed by atoms with van der Waals surface area (Å²) in [6.07, 6.45) is 0.924. The maximum absolute atomic E-state index is 13.3. The van der Waals surface area contributed by atoms with Crippen LogP contribution in [0.2, 0.25) is 0 Å². The zero-order chi connectivity index (χ0) is 22.8. The van der Waals surface area contributed by atoms with Crippen LogP contribution in [0.4, 0.5) is 0 Å². The third-order valence-electron chi connectivity index (χ3n) is 5.64. The third kappa shape index (κ3) is 5.22. The second-order valence-electron chi connectivity index (χ2n) is 7.69. The molecule has 0 saturated carbocycles. The quantitative estimate of drug-likeness (QED) is 0.364.